The van der Waals surface area contributed by atoms with Gasteiger partial charge in [-0.15, -0.1) is 0 Å². The van der Waals surface area contributed by atoms with Crippen molar-refractivity contribution < 1.29 is 4.73 Å². The fourth-order valence-electron chi connectivity index (χ4n) is 0.644. The zero-order valence-corrected chi connectivity index (χ0v) is 8.44. The maximum absolute atomic E-state index is 10.9. The van der Waals surface area contributed by atoms with Crippen molar-refractivity contribution in [3.8, 4) is 0 Å². The highest BCUT2D eigenvalue weighted by atomic mass is 79.9. The zero-order valence-electron chi connectivity index (χ0n) is 5.27. The SMILES string of the molecule is Cc1cc(Br)c(Br)[n+]([O-])c1. The summed E-state index contributed by atoms with van der Waals surface area (Å²) in [7, 11) is 0. The Labute approximate surface area is 75.7 Å². The molecular formula is C6H5Br2NO. The second kappa shape index (κ2) is 2.88. The maximum atomic E-state index is 10.9. The van der Waals surface area contributed by atoms with E-state index in [1.807, 2.05) is 13.0 Å². The largest absolute Gasteiger partial charge is 0.618 e. The Morgan fingerprint density at radius 3 is 2.60 bits per heavy atom. The summed E-state index contributed by atoms with van der Waals surface area (Å²) >= 11 is 6.35. The Morgan fingerprint density at radius 1 is 1.50 bits per heavy atom. The van der Waals surface area contributed by atoms with E-state index < -0.39 is 0 Å². The van der Waals surface area contributed by atoms with Crippen LogP contribution in [0.1, 0.15) is 5.56 Å². The number of aromatic nitrogens is 1. The fraction of sp³-hybridized carbons (Fsp3) is 0.167. The Morgan fingerprint density at radius 2 is 2.10 bits per heavy atom. The minimum Gasteiger partial charge on any atom is -0.618 e. The molecular weight excluding hydrogens is 262 g/mol. The molecule has 54 valence electrons. The van der Waals surface area contributed by atoms with Crippen LogP contribution in [0.25, 0.3) is 0 Å². The lowest BCUT2D eigenvalue weighted by molar-refractivity contribution is -0.618. The van der Waals surface area contributed by atoms with E-state index in [-0.39, 0.29) is 0 Å². The lowest BCUT2D eigenvalue weighted by Crippen LogP contribution is -2.27. The van der Waals surface area contributed by atoms with Crippen molar-refractivity contribution >= 4 is 31.9 Å². The van der Waals surface area contributed by atoms with Crippen molar-refractivity contribution in [2.24, 2.45) is 0 Å². The molecule has 0 spiro atoms. The van der Waals surface area contributed by atoms with E-state index in [2.05, 4.69) is 31.9 Å². The van der Waals surface area contributed by atoms with Crippen molar-refractivity contribution in [1.82, 2.24) is 0 Å². The summed E-state index contributed by atoms with van der Waals surface area (Å²) in [5.41, 5.74) is 0.935. The quantitative estimate of drug-likeness (QED) is 0.402. The second-order valence-corrected chi connectivity index (χ2v) is 3.59. The molecule has 0 radical (unpaired) electrons. The van der Waals surface area contributed by atoms with Gasteiger partial charge in [-0.3, -0.25) is 0 Å². The highest BCUT2D eigenvalue weighted by Crippen LogP contribution is 2.18. The number of hydrogen-bond donors (Lipinski definition) is 0. The van der Waals surface area contributed by atoms with Gasteiger partial charge in [0.2, 0.25) is 0 Å². The number of halogens is 2. The second-order valence-electron chi connectivity index (χ2n) is 1.98. The molecule has 0 aliphatic heterocycles. The van der Waals surface area contributed by atoms with E-state index in [0.717, 1.165) is 14.8 Å². The average molecular weight is 267 g/mol. The molecule has 0 fully saturated rings. The van der Waals surface area contributed by atoms with Crippen LogP contribution in [0.5, 0.6) is 0 Å². The van der Waals surface area contributed by atoms with Crippen molar-refractivity contribution in [2.45, 2.75) is 6.92 Å². The molecule has 0 aliphatic carbocycles. The standard InChI is InChI=1S/C6H5Br2NO/c1-4-2-5(7)6(8)9(10)3-4/h2-3H,1H3. The predicted octanol–water partition coefficient (Wildman–Crippen LogP) is 2.15. The number of nitrogens with zero attached hydrogens (tertiary/aromatic N) is 1. The Bertz CT molecular complexity index is 239. The van der Waals surface area contributed by atoms with Gasteiger partial charge in [0.05, 0.1) is 4.47 Å². The van der Waals surface area contributed by atoms with Gasteiger partial charge in [0.1, 0.15) is 0 Å². The number of hydrogen-bond acceptors (Lipinski definition) is 1. The highest BCUT2D eigenvalue weighted by Gasteiger charge is 2.06. The smallest absolute Gasteiger partial charge is 0.273 e. The summed E-state index contributed by atoms with van der Waals surface area (Å²) in [5.74, 6) is 0. The first-order chi connectivity index (χ1) is 4.61. The minimum absolute atomic E-state index is 0.512. The van der Waals surface area contributed by atoms with Crippen LogP contribution < -0.4 is 4.73 Å². The van der Waals surface area contributed by atoms with E-state index in [0.29, 0.717) is 4.60 Å². The van der Waals surface area contributed by atoms with Gasteiger partial charge in [-0.25, -0.2) is 0 Å². The Balaban J connectivity index is 3.31. The third-order valence-electron chi connectivity index (χ3n) is 1.07. The summed E-state index contributed by atoms with van der Waals surface area (Å²) in [6, 6.07) is 1.87. The van der Waals surface area contributed by atoms with E-state index in [1.54, 1.807) is 0 Å². The molecule has 0 unspecified atom stereocenters. The van der Waals surface area contributed by atoms with Crippen LogP contribution in [0.4, 0.5) is 0 Å². The molecule has 4 heteroatoms. The Hall–Kier alpha value is -0.0900. The van der Waals surface area contributed by atoms with E-state index in [4.69, 9.17) is 0 Å². The van der Waals surface area contributed by atoms with Crippen molar-refractivity contribution in [1.29, 1.82) is 0 Å². The van der Waals surface area contributed by atoms with Gasteiger partial charge in [0.15, 0.2) is 6.20 Å². The molecule has 1 heterocycles. The van der Waals surface area contributed by atoms with E-state index >= 15 is 0 Å². The summed E-state index contributed by atoms with van der Waals surface area (Å²) < 4.78 is 2.07. The molecule has 1 aromatic rings. The third kappa shape index (κ3) is 1.49. The van der Waals surface area contributed by atoms with Crippen molar-refractivity contribution in [2.75, 3.05) is 0 Å². The topological polar surface area (TPSA) is 26.9 Å². The summed E-state index contributed by atoms with van der Waals surface area (Å²) in [6.45, 7) is 1.87. The first-order valence-electron chi connectivity index (χ1n) is 2.66. The molecule has 0 amide bonds. The van der Waals surface area contributed by atoms with E-state index in [1.165, 1.54) is 6.20 Å². The molecule has 0 atom stereocenters. The van der Waals surface area contributed by atoms with Gasteiger partial charge in [0.25, 0.3) is 4.60 Å². The van der Waals surface area contributed by atoms with Crippen molar-refractivity contribution in [3.63, 3.8) is 0 Å². The zero-order chi connectivity index (χ0) is 7.72. The maximum Gasteiger partial charge on any atom is 0.273 e. The molecule has 1 rings (SSSR count). The summed E-state index contributed by atoms with van der Waals surface area (Å²) in [4.78, 5) is 0. The molecule has 10 heavy (non-hydrogen) atoms. The first-order valence-corrected chi connectivity index (χ1v) is 4.24. The average Bonchev–Trinajstić information content (AvgIpc) is 1.82. The van der Waals surface area contributed by atoms with Crippen LogP contribution in [0.15, 0.2) is 21.3 Å². The molecule has 0 saturated heterocycles. The van der Waals surface area contributed by atoms with Gasteiger partial charge in [-0.2, -0.15) is 4.73 Å². The molecule has 0 aromatic carbocycles. The molecule has 0 saturated carbocycles. The van der Waals surface area contributed by atoms with Crippen LogP contribution in [-0.2, 0) is 0 Å². The molecule has 0 N–H and O–H groups in total. The summed E-state index contributed by atoms with van der Waals surface area (Å²) in [5, 5.41) is 10.9. The first kappa shape index (κ1) is 8.01. The van der Waals surface area contributed by atoms with Gasteiger partial charge in [-0.05, 0) is 28.9 Å². The number of aryl methyl sites for hydroxylation is 1. The normalized spacial score (nSPS) is 9.90. The van der Waals surface area contributed by atoms with Crippen LogP contribution in [0, 0.1) is 12.1 Å². The molecule has 0 aliphatic rings. The number of rotatable bonds is 0. The van der Waals surface area contributed by atoms with Crippen LogP contribution in [-0.4, -0.2) is 0 Å². The lowest BCUT2D eigenvalue weighted by atomic mass is 10.3. The van der Waals surface area contributed by atoms with Gasteiger partial charge in [-0.1, -0.05) is 0 Å². The minimum atomic E-state index is 0.512. The predicted molar refractivity (Wildman–Crippen MR) is 45.5 cm³/mol. The van der Waals surface area contributed by atoms with Gasteiger partial charge >= 0.3 is 0 Å². The summed E-state index contributed by atoms with van der Waals surface area (Å²) in [6.07, 6.45) is 1.51. The third-order valence-corrected chi connectivity index (χ3v) is 2.98. The van der Waals surface area contributed by atoms with Crippen LogP contribution in [0.3, 0.4) is 0 Å². The number of pyridine rings is 1. The fourth-order valence-corrected chi connectivity index (χ4v) is 1.40. The highest BCUT2D eigenvalue weighted by molar-refractivity contribution is 9.13. The van der Waals surface area contributed by atoms with Gasteiger partial charge in [0, 0.05) is 21.5 Å². The van der Waals surface area contributed by atoms with Crippen LogP contribution >= 0.6 is 31.9 Å². The molecule has 1 aromatic heterocycles. The molecule has 2 nitrogen and oxygen atoms in total. The van der Waals surface area contributed by atoms with Crippen LogP contribution in [0.2, 0.25) is 0 Å². The van der Waals surface area contributed by atoms with Gasteiger partial charge < -0.3 is 5.21 Å². The van der Waals surface area contributed by atoms with Crippen molar-refractivity contribution in [3.05, 3.63) is 32.1 Å². The Kier molecular flexibility index (Phi) is 2.31. The molecule has 0 bridgehead atoms. The monoisotopic (exact) mass is 265 g/mol. The van der Waals surface area contributed by atoms with E-state index in [9.17, 15) is 5.21 Å². The lowest BCUT2D eigenvalue weighted by Gasteiger charge is -2.00.